The number of methoxy groups -OCH3 is 1. The SMILES string of the molecule is COc1cccc(OCCC2OCCO2)c1. The van der Waals surface area contributed by atoms with Crippen molar-refractivity contribution in [1.29, 1.82) is 0 Å². The summed E-state index contributed by atoms with van der Waals surface area (Å²) in [7, 11) is 1.64. The normalized spacial score (nSPS) is 16.3. The maximum Gasteiger partial charge on any atom is 0.161 e. The van der Waals surface area contributed by atoms with E-state index in [0.29, 0.717) is 19.8 Å². The summed E-state index contributed by atoms with van der Waals surface area (Å²) in [5.74, 6) is 1.60. The molecule has 0 bridgehead atoms. The lowest BCUT2D eigenvalue weighted by Crippen LogP contribution is -2.12. The predicted molar refractivity (Wildman–Crippen MR) is 58.8 cm³/mol. The Kier molecular flexibility index (Phi) is 4.02. The van der Waals surface area contributed by atoms with Gasteiger partial charge in [-0.05, 0) is 12.1 Å². The van der Waals surface area contributed by atoms with Gasteiger partial charge in [-0.15, -0.1) is 0 Å². The van der Waals surface area contributed by atoms with E-state index in [4.69, 9.17) is 18.9 Å². The molecule has 88 valence electrons. The average molecular weight is 224 g/mol. The molecule has 4 heteroatoms. The first kappa shape index (κ1) is 11.2. The highest BCUT2D eigenvalue weighted by molar-refractivity contribution is 5.32. The third-order valence-corrected chi connectivity index (χ3v) is 2.35. The molecular formula is C12H16O4. The molecule has 1 saturated heterocycles. The average Bonchev–Trinajstić information content (AvgIpc) is 2.82. The largest absolute Gasteiger partial charge is 0.497 e. The van der Waals surface area contributed by atoms with Gasteiger partial charge < -0.3 is 18.9 Å². The van der Waals surface area contributed by atoms with Crippen molar-refractivity contribution in [2.75, 3.05) is 26.9 Å². The molecule has 1 fully saturated rings. The Morgan fingerprint density at radius 2 is 2.00 bits per heavy atom. The Morgan fingerprint density at radius 1 is 1.25 bits per heavy atom. The summed E-state index contributed by atoms with van der Waals surface area (Å²) in [4.78, 5) is 0. The van der Waals surface area contributed by atoms with Crippen LogP contribution in [0.3, 0.4) is 0 Å². The smallest absolute Gasteiger partial charge is 0.161 e. The lowest BCUT2D eigenvalue weighted by molar-refractivity contribution is -0.0531. The molecule has 1 aromatic rings. The van der Waals surface area contributed by atoms with Crippen LogP contribution in [0.4, 0.5) is 0 Å². The Labute approximate surface area is 95.1 Å². The summed E-state index contributed by atoms with van der Waals surface area (Å²) in [5, 5.41) is 0. The van der Waals surface area contributed by atoms with Crippen molar-refractivity contribution in [2.45, 2.75) is 12.7 Å². The summed E-state index contributed by atoms with van der Waals surface area (Å²) in [5.41, 5.74) is 0. The van der Waals surface area contributed by atoms with E-state index in [1.165, 1.54) is 0 Å². The lowest BCUT2D eigenvalue weighted by Gasteiger charge is -2.10. The number of hydrogen-bond acceptors (Lipinski definition) is 4. The van der Waals surface area contributed by atoms with E-state index >= 15 is 0 Å². The summed E-state index contributed by atoms with van der Waals surface area (Å²) < 4.78 is 21.3. The molecule has 0 radical (unpaired) electrons. The Morgan fingerprint density at radius 3 is 2.75 bits per heavy atom. The van der Waals surface area contributed by atoms with Gasteiger partial charge in [0.05, 0.1) is 26.9 Å². The fraction of sp³-hybridized carbons (Fsp3) is 0.500. The number of hydrogen-bond donors (Lipinski definition) is 0. The fourth-order valence-corrected chi connectivity index (χ4v) is 1.54. The van der Waals surface area contributed by atoms with Gasteiger partial charge in [0.1, 0.15) is 11.5 Å². The van der Waals surface area contributed by atoms with Crippen LogP contribution < -0.4 is 9.47 Å². The highest BCUT2D eigenvalue weighted by Crippen LogP contribution is 2.19. The van der Waals surface area contributed by atoms with Gasteiger partial charge in [0.2, 0.25) is 0 Å². The molecule has 0 N–H and O–H groups in total. The molecule has 0 amide bonds. The van der Waals surface area contributed by atoms with E-state index in [2.05, 4.69) is 0 Å². The van der Waals surface area contributed by atoms with Crippen LogP contribution in [0.15, 0.2) is 24.3 Å². The van der Waals surface area contributed by atoms with Crippen LogP contribution in [0.1, 0.15) is 6.42 Å². The molecule has 16 heavy (non-hydrogen) atoms. The van der Waals surface area contributed by atoms with Crippen LogP contribution in [0, 0.1) is 0 Å². The van der Waals surface area contributed by atoms with Crippen molar-refractivity contribution in [2.24, 2.45) is 0 Å². The second-order valence-electron chi connectivity index (χ2n) is 3.49. The van der Waals surface area contributed by atoms with Gasteiger partial charge in [0.15, 0.2) is 6.29 Å². The summed E-state index contributed by atoms with van der Waals surface area (Å²) in [6, 6.07) is 7.54. The van der Waals surface area contributed by atoms with Crippen LogP contribution >= 0.6 is 0 Å². The van der Waals surface area contributed by atoms with Gasteiger partial charge in [-0.25, -0.2) is 0 Å². The lowest BCUT2D eigenvalue weighted by atomic mass is 10.3. The molecular weight excluding hydrogens is 208 g/mol. The molecule has 1 aromatic carbocycles. The number of benzene rings is 1. The van der Waals surface area contributed by atoms with Crippen molar-refractivity contribution >= 4 is 0 Å². The van der Waals surface area contributed by atoms with Gasteiger partial charge in [-0.3, -0.25) is 0 Å². The Hall–Kier alpha value is -1.26. The van der Waals surface area contributed by atoms with E-state index in [1.807, 2.05) is 24.3 Å². The molecule has 0 spiro atoms. The van der Waals surface area contributed by atoms with Gasteiger partial charge in [-0.2, -0.15) is 0 Å². The molecule has 0 aliphatic carbocycles. The zero-order chi connectivity index (χ0) is 11.2. The van der Waals surface area contributed by atoms with Crippen LogP contribution in [-0.2, 0) is 9.47 Å². The molecule has 1 aliphatic heterocycles. The second kappa shape index (κ2) is 5.72. The van der Waals surface area contributed by atoms with Crippen LogP contribution in [0.2, 0.25) is 0 Å². The highest BCUT2D eigenvalue weighted by atomic mass is 16.7. The molecule has 0 aromatic heterocycles. The zero-order valence-electron chi connectivity index (χ0n) is 9.35. The van der Waals surface area contributed by atoms with Crippen LogP contribution in [0.5, 0.6) is 11.5 Å². The van der Waals surface area contributed by atoms with Gasteiger partial charge in [-0.1, -0.05) is 6.07 Å². The zero-order valence-corrected chi connectivity index (χ0v) is 9.35. The van der Waals surface area contributed by atoms with E-state index in [0.717, 1.165) is 17.9 Å². The van der Waals surface area contributed by atoms with Crippen molar-refractivity contribution in [1.82, 2.24) is 0 Å². The molecule has 0 atom stereocenters. The summed E-state index contributed by atoms with van der Waals surface area (Å²) >= 11 is 0. The molecule has 1 aliphatic rings. The molecule has 2 rings (SSSR count). The third-order valence-electron chi connectivity index (χ3n) is 2.35. The Bertz CT molecular complexity index is 321. The standard InChI is InChI=1S/C12H16O4/c1-13-10-3-2-4-11(9-10)14-6-5-12-15-7-8-16-12/h2-4,9,12H,5-8H2,1H3. The first-order chi connectivity index (χ1) is 7.88. The van der Waals surface area contributed by atoms with E-state index in [-0.39, 0.29) is 6.29 Å². The molecule has 0 saturated carbocycles. The van der Waals surface area contributed by atoms with Gasteiger partial charge >= 0.3 is 0 Å². The number of rotatable bonds is 5. The topological polar surface area (TPSA) is 36.9 Å². The van der Waals surface area contributed by atoms with Crippen LogP contribution in [-0.4, -0.2) is 33.2 Å². The van der Waals surface area contributed by atoms with E-state index in [1.54, 1.807) is 7.11 Å². The first-order valence-corrected chi connectivity index (χ1v) is 5.38. The van der Waals surface area contributed by atoms with Crippen molar-refractivity contribution in [3.63, 3.8) is 0 Å². The van der Waals surface area contributed by atoms with Gasteiger partial charge in [0, 0.05) is 12.5 Å². The second-order valence-corrected chi connectivity index (χ2v) is 3.49. The predicted octanol–water partition coefficient (Wildman–Crippen LogP) is 1.84. The molecule has 4 nitrogen and oxygen atoms in total. The quantitative estimate of drug-likeness (QED) is 0.764. The van der Waals surface area contributed by atoms with Gasteiger partial charge in [0.25, 0.3) is 0 Å². The number of ether oxygens (including phenoxy) is 4. The summed E-state index contributed by atoms with van der Waals surface area (Å²) in [6.07, 6.45) is 0.641. The maximum absolute atomic E-state index is 5.57. The Balaban J connectivity index is 1.75. The maximum atomic E-state index is 5.57. The summed E-state index contributed by atoms with van der Waals surface area (Å²) in [6.45, 7) is 1.95. The third kappa shape index (κ3) is 3.12. The molecule has 0 unspecified atom stereocenters. The fourth-order valence-electron chi connectivity index (χ4n) is 1.54. The van der Waals surface area contributed by atoms with Crippen LogP contribution in [0.25, 0.3) is 0 Å². The molecule has 1 heterocycles. The van der Waals surface area contributed by atoms with Crippen molar-refractivity contribution in [3.8, 4) is 11.5 Å². The first-order valence-electron chi connectivity index (χ1n) is 5.38. The highest BCUT2D eigenvalue weighted by Gasteiger charge is 2.15. The van der Waals surface area contributed by atoms with E-state index < -0.39 is 0 Å². The van der Waals surface area contributed by atoms with E-state index in [9.17, 15) is 0 Å². The monoisotopic (exact) mass is 224 g/mol. The minimum Gasteiger partial charge on any atom is -0.497 e. The van der Waals surface area contributed by atoms with Crippen molar-refractivity contribution in [3.05, 3.63) is 24.3 Å². The minimum absolute atomic E-state index is 0.106. The minimum atomic E-state index is -0.106. The van der Waals surface area contributed by atoms with Crippen molar-refractivity contribution < 1.29 is 18.9 Å².